The van der Waals surface area contributed by atoms with Gasteiger partial charge < -0.3 is 5.32 Å². The van der Waals surface area contributed by atoms with Gasteiger partial charge in [-0.25, -0.2) is 9.97 Å². The van der Waals surface area contributed by atoms with E-state index < -0.39 is 0 Å². The zero-order valence-corrected chi connectivity index (χ0v) is 8.84. The Hall–Kier alpha value is -2.23. The number of aromatic nitrogens is 2. The second-order valence-electron chi connectivity index (χ2n) is 3.35. The number of anilines is 1. The fourth-order valence-electron chi connectivity index (χ4n) is 1.39. The minimum atomic E-state index is -0.0743. The Bertz CT molecular complexity index is 479. The third kappa shape index (κ3) is 2.42. The minimum Gasteiger partial charge on any atom is -0.326 e. The summed E-state index contributed by atoms with van der Waals surface area (Å²) in [5.74, 6) is -0.0743. The van der Waals surface area contributed by atoms with Gasteiger partial charge in [-0.1, -0.05) is 12.1 Å². The number of nitrogens with one attached hydrogen (secondary N) is 1. The highest BCUT2D eigenvalue weighted by Crippen LogP contribution is 2.18. The molecule has 0 aliphatic rings. The lowest BCUT2D eigenvalue weighted by molar-refractivity contribution is -0.114. The van der Waals surface area contributed by atoms with Gasteiger partial charge in [0.05, 0.1) is 5.69 Å². The molecule has 2 aromatic rings. The lowest BCUT2D eigenvalue weighted by Gasteiger charge is -2.03. The van der Waals surface area contributed by atoms with Crippen LogP contribution in [-0.2, 0) is 4.79 Å². The Kier molecular flexibility index (Phi) is 2.91. The molecule has 80 valence electrons. The molecule has 1 amide bonds. The van der Waals surface area contributed by atoms with Crippen molar-refractivity contribution in [2.75, 3.05) is 5.32 Å². The zero-order chi connectivity index (χ0) is 11.4. The fourth-order valence-corrected chi connectivity index (χ4v) is 1.39. The summed E-state index contributed by atoms with van der Waals surface area (Å²) in [7, 11) is 0. The second kappa shape index (κ2) is 4.53. The molecule has 0 bridgehead atoms. The van der Waals surface area contributed by atoms with Gasteiger partial charge in [0.25, 0.3) is 0 Å². The van der Waals surface area contributed by atoms with E-state index >= 15 is 0 Å². The first-order chi connectivity index (χ1) is 7.75. The van der Waals surface area contributed by atoms with E-state index in [1.807, 2.05) is 30.3 Å². The summed E-state index contributed by atoms with van der Waals surface area (Å²) in [6.45, 7) is 1.48. The summed E-state index contributed by atoms with van der Waals surface area (Å²) in [4.78, 5) is 18.8. The van der Waals surface area contributed by atoms with Crippen LogP contribution in [0.5, 0.6) is 0 Å². The largest absolute Gasteiger partial charge is 0.326 e. The van der Waals surface area contributed by atoms with Gasteiger partial charge in [0.2, 0.25) is 5.91 Å². The van der Waals surface area contributed by atoms with E-state index in [4.69, 9.17) is 0 Å². The third-order valence-electron chi connectivity index (χ3n) is 2.08. The minimum absolute atomic E-state index is 0.0743. The van der Waals surface area contributed by atoms with Crippen molar-refractivity contribution < 1.29 is 4.79 Å². The average molecular weight is 213 g/mol. The fraction of sp³-hybridized carbons (Fsp3) is 0.0833. The van der Waals surface area contributed by atoms with Crippen molar-refractivity contribution in [3.05, 3.63) is 42.9 Å². The first kappa shape index (κ1) is 10.3. The Morgan fingerprint density at radius 1 is 1.19 bits per heavy atom. The summed E-state index contributed by atoms with van der Waals surface area (Å²) in [5, 5.41) is 2.71. The van der Waals surface area contributed by atoms with Crippen LogP contribution in [0, 0.1) is 0 Å². The molecule has 1 N–H and O–H groups in total. The highest BCUT2D eigenvalue weighted by molar-refractivity contribution is 5.88. The summed E-state index contributed by atoms with van der Waals surface area (Å²) in [6.07, 6.45) is 3.21. The monoisotopic (exact) mass is 213 g/mol. The highest BCUT2D eigenvalue weighted by Gasteiger charge is 1.99. The average Bonchev–Trinajstić information content (AvgIpc) is 2.30. The Morgan fingerprint density at radius 2 is 1.94 bits per heavy atom. The molecule has 1 heterocycles. The quantitative estimate of drug-likeness (QED) is 0.831. The van der Waals surface area contributed by atoms with Crippen molar-refractivity contribution in [1.29, 1.82) is 0 Å². The molecule has 0 unspecified atom stereocenters. The standard InChI is InChI=1S/C12H11N3O/c1-9(16)15-11-4-2-10(3-5-11)12-6-7-13-8-14-12/h2-8H,1H3,(H,15,16). The highest BCUT2D eigenvalue weighted by atomic mass is 16.1. The maximum Gasteiger partial charge on any atom is 0.221 e. The summed E-state index contributed by atoms with van der Waals surface area (Å²) in [6, 6.07) is 9.35. The molecular formula is C12H11N3O. The third-order valence-corrected chi connectivity index (χ3v) is 2.08. The van der Waals surface area contributed by atoms with E-state index in [1.165, 1.54) is 13.3 Å². The molecular weight excluding hydrogens is 202 g/mol. The maximum atomic E-state index is 10.8. The van der Waals surface area contributed by atoms with Crippen molar-refractivity contribution >= 4 is 11.6 Å². The van der Waals surface area contributed by atoms with Crippen LogP contribution < -0.4 is 5.32 Å². The molecule has 1 aromatic carbocycles. The molecule has 0 aliphatic heterocycles. The smallest absolute Gasteiger partial charge is 0.221 e. The molecule has 16 heavy (non-hydrogen) atoms. The lowest BCUT2D eigenvalue weighted by atomic mass is 10.1. The number of amides is 1. The topological polar surface area (TPSA) is 54.9 Å². The molecule has 0 fully saturated rings. The number of carbonyl (C=O) groups excluding carboxylic acids is 1. The van der Waals surface area contributed by atoms with Gasteiger partial charge in [-0.05, 0) is 18.2 Å². The molecule has 0 spiro atoms. The zero-order valence-electron chi connectivity index (χ0n) is 8.84. The molecule has 1 aromatic heterocycles. The predicted molar refractivity (Wildman–Crippen MR) is 61.8 cm³/mol. The van der Waals surface area contributed by atoms with Crippen molar-refractivity contribution in [3.8, 4) is 11.3 Å². The van der Waals surface area contributed by atoms with Crippen molar-refractivity contribution in [3.63, 3.8) is 0 Å². The van der Waals surface area contributed by atoms with E-state index in [1.54, 1.807) is 6.20 Å². The van der Waals surface area contributed by atoms with Gasteiger partial charge in [-0.15, -0.1) is 0 Å². The molecule has 0 atom stereocenters. The van der Waals surface area contributed by atoms with Gasteiger partial charge in [0.1, 0.15) is 6.33 Å². The lowest BCUT2D eigenvalue weighted by Crippen LogP contribution is -2.05. The van der Waals surface area contributed by atoms with Crippen LogP contribution in [0.15, 0.2) is 42.9 Å². The maximum absolute atomic E-state index is 10.8. The van der Waals surface area contributed by atoms with E-state index in [0.717, 1.165) is 16.9 Å². The van der Waals surface area contributed by atoms with E-state index in [0.29, 0.717) is 0 Å². The van der Waals surface area contributed by atoms with E-state index in [2.05, 4.69) is 15.3 Å². The molecule has 0 saturated heterocycles. The summed E-state index contributed by atoms with van der Waals surface area (Å²) >= 11 is 0. The number of carbonyl (C=O) groups is 1. The van der Waals surface area contributed by atoms with Crippen molar-refractivity contribution in [2.24, 2.45) is 0 Å². The van der Waals surface area contributed by atoms with Gasteiger partial charge in [0.15, 0.2) is 0 Å². The number of benzene rings is 1. The van der Waals surface area contributed by atoms with Crippen LogP contribution in [0.1, 0.15) is 6.92 Å². The summed E-state index contributed by atoms with van der Waals surface area (Å²) < 4.78 is 0. The normalized spacial score (nSPS) is 9.81. The van der Waals surface area contributed by atoms with Gasteiger partial charge in [-0.2, -0.15) is 0 Å². The van der Waals surface area contributed by atoms with Crippen LogP contribution in [0.2, 0.25) is 0 Å². The first-order valence-corrected chi connectivity index (χ1v) is 4.90. The summed E-state index contributed by atoms with van der Waals surface area (Å²) in [5.41, 5.74) is 2.64. The van der Waals surface area contributed by atoms with Gasteiger partial charge in [-0.3, -0.25) is 4.79 Å². The Labute approximate surface area is 93.4 Å². The van der Waals surface area contributed by atoms with E-state index in [9.17, 15) is 4.79 Å². The van der Waals surface area contributed by atoms with Crippen LogP contribution in [0.4, 0.5) is 5.69 Å². The Morgan fingerprint density at radius 3 is 2.50 bits per heavy atom. The van der Waals surface area contributed by atoms with E-state index in [-0.39, 0.29) is 5.91 Å². The van der Waals surface area contributed by atoms with Gasteiger partial charge >= 0.3 is 0 Å². The molecule has 0 saturated carbocycles. The number of hydrogen-bond acceptors (Lipinski definition) is 3. The Balaban J connectivity index is 2.23. The van der Waals surface area contributed by atoms with Crippen molar-refractivity contribution in [1.82, 2.24) is 9.97 Å². The molecule has 4 nitrogen and oxygen atoms in total. The van der Waals surface area contributed by atoms with Crippen LogP contribution in [0.25, 0.3) is 11.3 Å². The van der Waals surface area contributed by atoms with Crippen LogP contribution in [0.3, 0.4) is 0 Å². The van der Waals surface area contributed by atoms with Crippen LogP contribution >= 0.6 is 0 Å². The molecule has 0 aliphatic carbocycles. The number of nitrogens with zero attached hydrogens (tertiary/aromatic N) is 2. The molecule has 2 rings (SSSR count). The van der Waals surface area contributed by atoms with Crippen molar-refractivity contribution in [2.45, 2.75) is 6.92 Å². The number of rotatable bonds is 2. The molecule has 0 radical (unpaired) electrons. The second-order valence-corrected chi connectivity index (χ2v) is 3.35. The first-order valence-electron chi connectivity index (χ1n) is 4.90. The SMILES string of the molecule is CC(=O)Nc1ccc(-c2ccncn2)cc1. The molecule has 4 heteroatoms. The number of hydrogen-bond donors (Lipinski definition) is 1. The van der Waals surface area contributed by atoms with Gasteiger partial charge in [0, 0.05) is 24.4 Å². The van der Waals surface area contributed by atoms with Crippen LogP contribution in [-0.4, -0.2) is 15.9 Å². The predicted octanol–water partition coefficient (Wildman–Crippen LogP) is 2.10.